The molecule has 3 aromatic carbocycles. The van der Waals surface area contributed by atoms with Crippen LogP contribution in [-0.2, 0) is 16.1 Å². The molecule has 2 heterocycles. The number of nitriles is 1. The van der Waals surface area contributed by atoms with Crippen LogP contribution in [-0.4, -0.2) is 34.3 Å². The average molecular weight is 620 g/mol. The fraction of sp³-hybridized carbons (Fsp3) is 0.286. The van der Waals surface area contributed by atoms with Crippen molar-refractivity contribution in [2.75, 3.05) is 17.7 Å². The molecule has 2 atom stereocenters. The zero-order chi connectivity index (χ0) is 32.7. The maximum atomic E-state index is 13.0. The van der Waals surface area contributed by atoms with E-state index in [2.05, 4.69) is 21.7 Å². The number of nitrogens with zero attached hydrogens (tertiary/aromatic N) is 3. The molecular weight excluding hydrogens is 586 g/mol. The van der Waals surface area contributed by atoms with Gasteiger partial charge in [0.05, 0.1) is 42.8 Å². The second-order valence-electron chi connectivity index (χ2n) is 12.4. The SMILES string of the molecule is COc1ccc(Cn2c(=O)oc3cc(-c4cc(NC(=O)OC(C)(C)C)c5cnc(NC(=O)[C@H]6C[C@@H]6C#N)cc5c4)c(C)cc32)cc1. The lowest BCUT2D eigenvalue weighted by Crippen LogP contribution is -2.27. The molecule has 1 saturated carbocycles. The van der Waals surface area contributed by atoms with Crippen LogP contribution in [0.25, 0.3) is 33.0 Å². The molecule has 46 heavy (non-hydrogen) atoms. The number of hydrogen-bond donors (Lipinski definition) is 2. The second kappa shape index (κ2) is 11.7. The summed E-state index contributed by atoms with van der Waals surface area (Å²) >= 11 is 0. The van der Waals surface area contributed by atoms with E-state index < -0.39 is 17.5 Å². The molecule has 0 bridgehead atoms. The summed E-state index contributed by atoms with van der Waals surface area (Å²) in [4.78, 5) is 42.8. The van der Waals surface area contributed by atoms with Crippen LogP contribution in [0.1, 0.15) is 38.3 Å². The molecule has 1 fully saturated rings. The van der Waals surface area contributed by atoms with Gasteiger partial charge in [-0.25, -0.2) is 14.6 Å². The number of rotatable bonds is 7. The molecule has 11 nitrogen and oxygen atoms in total. The van der Waals surface area contributed by atoms with Crippen molar-refractivity contribution in [1.29, 1.82) is 5.26 Å². The molecular formula is C35H33N5O6. The molecule has 6 rings (SSSR count). The Hall–Kier alpha value is -5.63. The summed E-state index contributed by atoms with van der Waals surface area (Å²) in [5.41, 5.74) is 4.12. The lowest BCUT2D eigenvalue weighted by molar-refractivity contribution is -0.117. The minimum atomic E-state index is -0.713. The van der Waals surface area contributed by atoms with Crippen LogP contribution in [0.15, 0.2) is 70.0 Å². The molecule has 1 aliphatic carbocycles. The second-order valence-corrected chi connectivity index (χ2v) is 12.4. The van der Waals surface area contributed by atoms with E-state index in [1.165, 1.54) is 0 Å². The molecule has 2 aromatic heterocycles. The third kappa shape index (κ3) is 6.28. The zero-order valence-electron chi connectivity index (χ0n) is 26.1. The van der Waals surface area contributed by atoms with Gasteiger partial charge < -0.3 is 19.2 Å². The van der Waals surface area contributed by atoms with Crippen LogP contribution in [0.2, 0.25) is 0 Å². The summed E-state index contributed by atoms with van der Waals surface area (Å²) < 4.78 is 18.0. The van der Waals surface area contributed by atoms with Gasteiger partial charge in [-0.15, -0.1) is 0 Å². The number of methoxy groups -OCH3 is 1. The minimum absolute atomic E-state index is 0.253. The van der Waals surface area contributed by atoms with Crippen LogP contribution in [0.5, 0.6) is 5.75 Å². The first-order valence-electron chi connectivity index (χ1n) is 14.8. The highest BCUT2D eigenvalue weighted by Gasteiger charge is 2.43. The molecule has 0 radical (unpaired) electrons. The largest absolute Gasteiger partial charge is 0.497 e. The third-order valence-electron chi connectivity index (χ3n) is 7.84. The molecule has 1 aliphatic rings. The van der Waals surface area contributed by atoms with E-state index in [1.807, 2.05) is 55.5 Å². The van der Waals surface area contributed by atoms with Crippen LogP contribution < -0.4 is 21.1 Å². The first-order valence-corrected chi connectivity index (χ1v) is 14.8. The van der Waals surface area contributed by atoms with Crippen LogP contribution >= 0.6 is 0 Å². The standard InChI is InChI=1S/C35H33N5O6/c1-19-10-29-30(45-34(43)40(29)18-20-6-8-24(44-5)9-7-20)15-25(19)21-11-22-14-31(39-32(41)26-12-23(26)16-36)37-17-27(22)28(13-21)38-33(42)46-35(2,3)4/h6-11,13-15,17,23,26H,12,18H2,1-5H3,(H,38,42)(H,37,39,41)/t23-,26+/m1/s1. The van der Waals surface area contributed by atoms with Gasteiger partial charge in [-0.2, -0.15) is 5.26 Å². The van der Waals surface area contributed by atoms with E-state index in [-0.39, 0.29) is 17.7 Å². The third-order valence-corrected chi connectivity index (χ3v) is 7.84. The molecule has 2 N–H and O–H groups in total. The number of pyridine rings is 1. The number of nitrogens with one attached hydrogen (secondary N) is 2. The van der Waals surface area contributed by atoms with E-state index in [4.69, 9.17) is 19.2 Å². The van der Waals surface area contributed by atoms with Crippen LogP contribution in [0.4, 0.5) is 16.3 Å². The maximum Gasteiger partial charge on any atom is 0.420 e. The number of aryl methyl sites for hydroxylation is 1. The smallest absolute Gasteiger partial charge is 0.420 e. The van der Waals surface area contributed by atoms with Crippen molar-refractivity contribution in [3.05, 3.63) is 82.5 Å². The lowest BCUT2D eigenvalue weighted by atomic mass is 9.96. The highest BCUT2D eigenvalue weighted by molar-refractivity contribution is 6.04. The number of carbonyl (C=O) groups is 2. The summed E-state index contributed by atoms with van der Waals surface area (Å²) in [6.07, 6.45) is 1.47. The molecule has 0 aliphatic heterocycles. The predicted octanol–water partition coefficient (Wildman–Crippen LogP) is 6.62. The fourth-order valence-electron chi connectivity index (χ4n) is 5.43. The van der Waals surface area contributed by atoms with Crippen molar-refractivity contribution in [2.24, 2.45) is 11.8 Å². The summed E-state index contributed by atoms with van der Waals surface area (Å²) in [6.45, 7) is 7.60. The molecule has 0 saturated heterocycles. The first-order chi connectivity index (χ1) is 21.9. The Balaban J connectivity index is 1.40. The topological polar surface area (TPSA) is 148 Å². The summed E-state index contributed by atoms with van der Waals surface area (Å²) in [6, 6.07) is 18.8. The fourth-order valence-corrected chi connectivity index (χ4v) is 5.43. The Bertz CT molecular complexity index is 2100. The Morgan fingerprint density at radius 2 is 1.87 bits per heavy atom. The zero-order valence-corrected chi connectivity index (χ0v) is 26.1. The van der Waals surface area contributed by atoms with Gasteiger partial charge >= 0.3 is 11.8 Å². The van der Waals surface area contributed by atoms with Crippen molar-refractivity contribution < 1.29 is 23.5 Å². The van der Waals surface area contributed by atoms with Crippen LogP contribution in [0, 0.1) is 30.1 Å². The number of carbonyl (C=O) groups excluding carboxylic acids is 2. The monoisotopic (exact) mass is 619 g/mol. The lowest BCUT2D eigenvalue weighted by Gasteiger charge is -2.20. The molecule has 11 heteroatoms. The van der Waals surface area contributed by atoms with Gasteiger partial charge in [0.25, 0.3) is 0 Å². The van der Waals surface area contributed by atoms with Crippen molar-refractivity contribution in [2.45, 2.75) is 46.3 Å². The van der Waals surface area contributed by atoms with Gasteiger partial charge in [0.15, 0.2) is 5.58 Å². The summed E-state index contributed by atoms with van der Waals surface area (Å²) in [5.74, 6) is -0.299. The van der Waals surface area contributed by atoms with Gasteiger partial charge in [-0.1, -0.05) is 12.1 Å². The van der Waals surface area contributed by atoms with Gasteiger partial charge in [-0.05, 0) is 104 Å². The number of ether oxygens (including phenoxy) is 2. The van der Waals surface area contributed by atoms with Gasteiger partial charge in [-0.3, -0.25) is 14.7 Å². The summed E-state index contributed by atoms with van der Waals surface area (Å²) in [7, 11) is 1.60. The van der Waals surface area contributed by atoms with Gasteiger partial charge in [0.1, 0.15) is 17.2 Å². The maximum absolute atomic E-state index is 13.0. The quantitative estimate of drug-likeness (QED) is 0.206. The minimum Gasteiger partial charge on any atom is -0.497 e. The van der Waals surface area contributed by atoms with Crippen molar-refractivity contribution >= 4 is 45.4 Å². The van der Waals surface area contributed by atoms with E-state index in [0.717, 1.165) is 28.0 Å². The number of fused-ring (bicyclic) bond motifs is 2. The Morgan fingerprint density at radius 3 is 2.54 bits per heavy atom. The van der Waals surface area contributed by atoms with E-state index in [1.54, 1.807) is 44.7 Å². The normalized spacial score (nSPS) is 15.7. The number of oxazole rings is 1. The number of anilines is 2. The molecule has 0 unspecified atom stereocenters. The average Bonchev–Trinajstić information content (AvgIpc) is 3.74. The van der Waals surface area contributed by atoms with Gasteiger partial charge in [0.2, 0.25) is 5.91 Å². The summed E-state index contributed by atoms with van der Waals surface area (Å²) in [5, 5.41) is 16.1. The first kappa shape index (κ1) is 30.4. The van der Waals surface area contributed by atoms with E-state index in [0.29, 0.717) is 46.3 Å². The Kier molecular flexibility index (Phi) is 7.74. The molecule has 234 valence electrons. The van der Waals surface area contributed by atoms with Crippen molar-refractivity contribution in [3.63, 3.8) is 0 Å². The van der Waals surface area contributed by atoms with Crippen molar-refractivity contribution in [1.82, 2.24) is 9.55 Å². The highest BCUT2D eigenvalue weighted by Crippen LogP contribution is 2.39. The van der Waals surface area contributed by atoms with Gasteiger partial charge in [0, 0.05) is 11.6 Å². The van der Waals surface area contributed by atoms with E-state index in [9.17, 15) is 14.4 Å². The predicted molar refractivity (Wildman–Crippen MR) is 174 cm³/mol. The number of amides is 2. The number of hydrogen-bond acceptors (Lipinski definition) is 8. The van der Waals surface area contributed by atoms with Crippen LogP contribution in [0.3, 0.4) is 0 Å². The molecule has 2 amide bonds. The van der Waals surface area contributed by atoms with E-state index >= 15 is 0 Å². The Morgan fingerprint density at radius 1 is 1.11 bits per heavy atom. The highest BCUT2D eigenvalue weighted by atomic mass is 16.6. The Labute approximate surface area is 264 Å². The molecule has 5 aromatic rings. The number of aromatic nitrogens is 2. The number of benzene rings is 3. The molecule has 0 spiro atoms. The van der Waals surface area contributed by atoms with Crippen molar-refractivity contribution in [3.8, 4) is 22.9 Å².